The van der Waals surface area contributed by atoms with Gasteiger partial charge in [0.05, 0.1) is 5.56 Å². The van der Waals surface area contributed by atoms with Crippen molar-refractivity contribution in [3.8, 4) is 17.2 Å². The Morgan fingerprint density at radius 1 is 1.19 bits per heavy atom. The van der Waals surface area contributed by atoms with Crippen molar-refractivity contribution in [2.24, 2.45) is 0 Å². The molecule has 0 atom stereocenters. The molecular weight excluding hydrogens is 332 g/mol. The van der Waals surface area contributed by atoms with Gasteiger partial charge in [-0.05, 0) is 36.2 Å². The highest BCUT2D eigenvalue weighted by molar-refractivity contribution is 9.10. The zero-order chi connectivity index (χ0) is 14.8. The van der Waals surface area contributed by atoms with Gasteiger partial charge in [-0.15, -0.1) is 0 Å². The number of nitrogens with zero attached hydrogens (tertiary/aromatic N) is 2. The molecule has 0 aliphatic heterocycles. The van der Waals surface area contributed by atoms with Crippen LogP contribution in [-0.2, 0) is 6.42 Å². The van der Waals surface area contributed by atoms with Crippen molar-refractivity contribution in [2.75, 3.05) is 0 Å². The topological polar surface area (TPSA) is 59.2 Å². The molecule has 1 N–H and O–H groups in total. The number of hydrogen-bond donors (Lipinski definition) is 1. The van der Waals surface area contributed by atoms with Crippen molar-refractivity contribution in [1.29, 1.82) is 0 Å². The van der Waals surface area contributed by atoms with Crippen LogP contribution in [0.2, 0.25) is 0 Å². The first kappa shape index (κ1) is 13.8. The molecule has 0 amide bonds. The van der Waals surface area contributed by atoms with E-state index in [1.807, 2.05) is 37.3 Å². The Balaban J connectivity index is 1.88. The highest BCUT2D eigenvalue weighted by atomic mass is 79.9. The number of rotatable bonds is 3. The molecule has 0 unspecified atom stereocenters. The lowest BCUT2D eigenvalue weighted by Crippen LogP contribution is -1.91. The van der Waals surface area contributed by atoms with Crippen molar-refractivity contribution in [3.05, 3.63) is 63.9 Å². The molecule has 3 rings (SSSR count). The van der Waals surface area contributed by atoms with Crippen molar-refractivity contribution in [1.82, 2.24) is 10.1 Å². The van der Waals surface area contributed by atoms with Gasteiger partial charge in [-0.2, -0.15) is 4.98 Å². The number of hydrogen-bond acceptors (Lipinski definition) is 4. The van der Waals surface area contributed by atoms with E-state index in [9.17, 15) is 5.11 Å². The van der Waals surface area contributed by atoms with Gasteiger partial charge in [0, 0.05) is 10.9 Å². The van der Waals surface area contributed by atoms with Gasteiger partial charge < -0.3 is 9.63 Å². The Morgan fingerprint density at radius 3 is 2.76 bits per heavy atom. The first-order chi connectivity index (χ1) is 10.1. The van der Waals surface area contributed by atoms with Crippen LogP contribution in [0.4, 0.5) is 0 Å². The summed E-state index contributed by atoms with van der Waals surface area (Å²) in [5.41, 5.74) is 2.61. The second-order valence-corrected chi connectivity index (χ2v) is 5.66. The van der Waals surface area contributed by atoms with Crippen molar-refractivity contribution in [2.45, 2.75) is 13.3 Å². The molecule has 0 spiro atoms. The fourth-order valence-corrected chi connectivity index (χ4v) is 2.49. The van der Waals surface area contributed by atoms with Gasteiger partial charge in [0.15, 0.2) is 5.82 Å². The minimum atomic E-state index is 0.145. The second kappa shape index (κ2) is 5.69. The lowest BCUT2D eigenvalue weighted by molar-refractivity contribution is 0.418. The summed E-state index contributed by atoms with van der Waals surface area (Å²) in [4.78, 5) is 4.35. The van der Waals surface area contributed by atoms with E-state index in [4.69, 9.17) is 4.52 Å². The molecule has 106 valence electrons. The van der Waals surface area contributed by atoms with Gasteiger partial charge in [-0.3, -0.25) is 0 Å². The van der Waals surface area contributed by atoms with Crippen LogP contribution in [0, 0.1) is 6.92 Å². The molecule has 0 saturated heterocycles. The quantitative estimate of drug-likeness (QED) is 0.776. The number of benzene rings is 2. The molecule has 21 heavy (non-hydrogen) atoms. The van der Waals surface area contributed by atoms with Crippen molar-refractivity contribution in [3.63, 3.8) is 0 Å². The fourth-order valence-electron chi connectivity index (χ4n) is 2.07. The van der Waals surface area contributed by atoms with E-state index in [0.717, 1.165) is 15.6 Å². The third-order valence-electron chi connectivity index (χ3n) is 3.16. The summed E-state index contributed by atoms with van der Waals surface area (Å²) in [5.74, 6) is 1.05. The van der Waals surface area contributed by atoms with Crippen LogP contribution in [0.15, 0.2) is 51.5 Å². The summed E-state index contributed by atoms with van der Waals surface area (Å²) in [6.07, 6.45) is 0.567. The number of phenols is 1. The zero-order valence-corrected chi connectivity index (χ0v) is 13.0. The SMILES string of the molecule is Cc1ccc(-c2nc(Cc3ccccc3Br)no2)c(O)c1. The Morgan fingerprint density at radius 2 is 2.00 bits per heavy atom. The van der Waals surface area contributed by atoms with Crippen molar-refractivity contribution < 1.29 is 9.63 Å². The van der Waals surface area contributed by atoms with Crippen LogP contribution in [0.1, 0.15) is 17.0 Å². The van der Waals surface area contributed by atoms with E-state index in [0.29, 0.717) is 23.7 Å². The minimum absolute atomic E-state index is 0.145. The van der Waals surface area contributed by atoms with Gasteiger partial charge in [0.25, 0.3) is 5.89 Å². The predicted molar refractivity (Wildman–Crippen MR) is 83.1 cm³/mol. The maximum absolute atomic E-state index is 9.95. The normalized spacial score (nSPS) is 10.8. The molecule has 0 bridgehead atoms. The molecule has 1 aromatic heterocycles. The summed E-state index contributed by atoms with van der Waals surface area (Å²) in [7, 11) is 0. The molecule has 5 heteroatoms. The molecule has 4 nitrogen and oxygen atoms in total. The van der Waals surface area contributed by atoms with Crippen LogP contribution in [0.25, 0.3) is 11.5 Å². The average Bonchev–Trinajstić information content (AvgIpc) is 2.90. The van der Waals surface area contributed by atoms with Crippen LogP contribution in [0.3, 0.4) is 0 Å². The molecule has 2 aromatic carbocycles. The number of aromatic hydroxyl groups is 1. The number of halogens is 1. The van der Waals surface area contributed by atoms with Gasteiger partial charge in [-0.25, -0.2) is 0 Å². The van der Waals surface area contributed by atoms with Crippen molar-refractivity contribution >= 4 is 15.9 Å². The highest BCUT2D eigenvalue weighted by Crippen LogP contribution is 2.29. The summed E-state index contributed by atoms with van der Waals surface area (Å²) < 4.78 is 6.26. The molecule has 0 aliphatic carbocycles. The van der Waals surface area contributed by atoms with E-state index in [1.165, 1.54) is 0 Å². The molecule has 0 aliphatic rings. The van der Waals surface area contributed by atoms with Gasteiger partial charge in [-0.1, -0.05) is 45.4 Å². The smallest absolute Gasteiger partial charge is 0.261 e. The van der Waals surface area contributed by atoms with E-state index in [2.05, 4.69) is 26.1 Å². The van der Waals surface area contributed by atoms with Gasteiger partial charge in [0.1, 0.15) is 5.75 Å². The van der Waals surface area contributed by atoms with Crippen LogP contribution in [-0.4, -0.2) is 15.2 Å². The maximum atomic E-state index is 9.95. The number of phenolic OH excluding ortho intramolecular Hbond substituents is 1. The van der Waals surface area contributed by atoms with E-state index >= 15 is 0 Å². The number of aryl methyl sites for hydroxylation is 1. The minimum Gasteiger partial charge on any atom is -0.507 e. The largest absolute Gasteiger partial charge is 0.507 e. The Kier molecular flexibility index (Phi) is 3.75. The molecule has 3 aromatic rings. The summed E-state index contributed by atoms with van der Waals surface area (Å²) in [5, 5.41) is 13.9. The lowest BCUT2D eigenvalue weighted by Gasteiger charge is -2.00. The Labute approximate surface area is 130 Å². The monoisotopic (exact) mass is 344 g/mol. The first-order valence-electron chi connectivity index (χ1n) is 6.49. The second-order valence-electron chi connectivity index (χ2n) is 4.80. The highest BCUT2D eigenvalue weighted by Gasteiger charge is 2.13. The molecular formula is C16H13BrN2O2. The Bertz CT molecular complexity index is 783. The van der Waals surface area contributed by atoms with Gasteiger partial charge >= 0.3 is 0 Å². The molecule has 0 fully saturated rings. The average molecular weight is 345 g/mol. The van der Waals surface area contributed by atoms with E-state index in [1.54, 1.807) is 12.1 Å². The zero-order valence-electron chi connectivity index (χ0n) is 11.4. The third kappa shape index (κ3) is 2.97. The lowest BCUT2D eigenvalue weighted by atomic mass is 10.1. The third-order valence-corrected chi connectivity index (χ3v) is 3.93. The van der Waals surface area contributed by atoms with Crippen LogP contribution in [0.5, 0.6) is 5.75 Å². The first-order valence-corrected chi connectivity index (χ1v) is 7.29. The molecule has 1 heterocycles. The van der Waals surface area contributed by atoms with Crippen LogP contribution < -0.4 is 0 Å². The summed E-state index contributed by atoms with van der Waals surface area (Å²) in [6.45, 7) is 1.91. The van der Waals surface area contributed by atoms with E-state index in [-0.39, 0.29) is 5.75 Å². The standard InChI is InChI=1S/C16H13BrN2O2/c1-10-6-7-12(14(20)8-10)16-18-15(19-21-16)9-11-4-2-3-5-13(11)17/h2-8,20H,9H2,1H3. The fraction of sp³-hybridized carbons (Fsp3) is 0.125. The Hall–Kier alpha value is -2.14. The van der Waals surface area contributed by atoms with E-state index < -0.39 is 0 Å². The van der Waals surface area contributed by atoms with Gasteiger partial charge in [0.2, 0.25) is 0 Å². The van der Waals surface area contributed by atoms with Crippen LogP contribution >= 0.6 is 15.9 Å². The maximum Gasteiger partial charge on any atom is 0.261 e. The number of aromatic nitrogens is 2. The summed E-state index contributed by atoms with van der Waals surface area (Å²) >= 11 is 3.50. The predicted octanol–water partition coefficient (Wildman–Crippen LogP) is 4.10. The molecule has 0 radical (unpaired) electrons. The molecule has 0 saturated carbocycles. The summed E-state index contributed by atoms with van der Waals surface area (Å²) in [6, 6.07) is 13.2.